The van der Waals surface area contributed by atoms with Gasteiger partial charge in [0.2, 0.25) is 0 Å². The third kappa shape index (κ3) is 7.27. The molecule has 3 N–H and O–H groups in total. The average Bonchev–Trinajstić information content (AvgIpc) is 2.90. The van der Waals surface area contributed by atoms with Crippen molar-refractivity contribution in [2.75, 3.05) is 57.8 Å². The Labute approximate surface area is 213 Å². The van der Waals surface area contributed by atoms with Gasteiger partial charge >= 0.3 is 0 Å². The Morgan fingerprint density at radius 3 is 2.60 bits per heavy atom. The summed E-state index contributed by atoms with van der Waals surface area (Å²) < 4.78 is 16.5. The molecule has 9 heteroatoms. The molecule has 0 bridgehead atoms. The molecule has 1 saturated carbocycles. The molecule has 0 amide bonds. The fourth-order valence-corrected chi connectivity index (χ4v) is 5.06. The molecule has 8 nitrogen and oxygen atoms in total. The first kappa shape index (κ1) is 26.1. The number of rotatable bonds is 11. The highest BCUT2D eigenvalue weighted by Crippen LogP contribution is 2.31. The lowest BCUT2D eigenvalue weighted by Gasteiger charge is -2.36. The summed E-state index contributed by atoms with van der Waals surface area (Å²) in [5.41, 5.74) is 1.46. The summed E-state index contributed by atoms with van der Waals surface area (Å²) in [6, 6.07) is 8.92. The monoisotopic (exact) mass is 503 g/mol. The number of hydrogen-bond donors (Lipinski definition) is 3. The zero-order chi connectivity index (χ0) is 24.5. The first-order chi connectivity index (χ1) is 17.1. The summed E-state index contributed by atoms with van der Waals surface area (Å²) in [5, 5.41) is 11.2. The third-order valence-corrected chi connectivity index (χ3v) is 7.43. The lowest BCUT2D eigenvalue weighted by Crippen LogP contribution is -2.44. The van der Waals surface area contributed by atoms with Crippen LogP contribution in [-0.2, 0) is 14.2 Å². The maximum absolute atomic E-state index is 6.55. The van der Waals surface area contributed by atoms with Gasteiger partial charge in [0.1, 0.15) is 11.6 Å². The molecule has 0 unspecified atom stereocenters. The molecule has 1 saturated heterocycles. The van der Waals surface area contributed by atoms with Crippen molar-refractivity contribution in [2.45, 2.75) is 56.2 Å². The first-order valence-corrected chi connectivity index (χ1v) is 13.0. The van der Waals surface area contributed by atoms with E-state index in [2.05, 4.69) is 20.9 Å². The zero-order valence-electron chi connectivity index (χ0n) is 20.8. The Balaban J connectivity index is 1.37. The van der Waals surface area contributed by atoms with E-state index in [0.717, 1.165) is 87.8 Å². The minimum atomic E-state index is -0.223. The van der Waals surface area contributed by atoms with E-state index in [4.69, 9.17) is 30.8 Å². The minimum absolute atomic E-state index is 0.223. The smallest absolute Gasteiger partial charge is 0.126 e. The number of anilines is 2. The molecule has 2 aromatic heterocycles. The number of nitrogens with zero attached hydrogens (tertiary/aromatic N) is 2. The predicted molar refractivity (Wildman–Crippen MR) is 140 cm³/mol. The van der Waals surface area contributed by atoms with Crippen LogP contribution in [0.4, 0.5) is 11.6 Å². The average molecular weight is 504 g/mol. The molecular formula is C26H38ClN5O3. The molecule has 0 atom stereocenters. The predicted octanol–water partition coefficient (Wildman–Crippen LogP) is 4.36. The lowest BCUT2D eigenvalue weighted by molar-refractivity contribution is -0.0807. The van der Waals surface area contributed by atoms with Crippen LogP contribution in [0.5, 0.6) is 0 Å². The fourth-order valence-electron chi connectivity index (χ4n) is 4.86. The number of methoxy groups -OCH3 is 2. The van der Waals surface area contributed by atoms with Crippen molar-refractivity contribution in [3.63, 3.8) is 0 Å². The van der Waals surface area contributed by atoms with Crippen molar-refractivity contribution < 1.29 is 14.2 Å². The van der Waals surface area contributed by atoms with Crippen LogP contribution in [0.3, 0.4) is 0 Å². The number of ether oxygens (including phenoxy) is 3. The summed E-state index contributed by atoms with van der Waals surface area (Å²) in [6.45, 7) is 3.78. The standard InChI is InChI=1S/C26H38ClN5O3/c1-33-15-12-28-19-6-8-20(9-7-19)31-25-16-21(22(27)17-29-25)23-4-3-5-24(32-23)30-18-26(34-2)10-13-35-14-11-26/h3-5,16-17,19-20,28H,6-15,18H2,1-2H3,(H,29,31)(H,30,32)/t19-,20-. The highest BCUT2D eigenvalue weighted by Gasteiger charge is 2.32. The van der Waals surface area contributed by atoms with Crippen molar-refractivity contribution >= 4 is 23.2 Å². The molecule has 4 rings (SSSR count). The molecule has 35 heavy (non-hydrogen) atoms. The quantitative estimate of drug-likeness (QED) is 0.390. The summed E-state index contributed by atoms with van der Waals surface area (Å²) in [6.07, 6.45) is 7.95. The van der Waals surface area contributed by atoms with E-state index in [1.807, 2.05) is 24.3 Å². The Bertz CT molecular complexity index is 933. The van der Waals surface area contributed by atoms with Crippen LogP contribution in [0.25, 0.3) is 11.3 Å². The third-order valence-electron chi connectivity index (χ3n) is 7.13. The van der Waals surface area contributed by atoms with E-state index in [-0.39, 0.29) is 5.60 Å². The molecule has 192 valence electrons. The SMILES string of the molecule is COCCN[C@H]1CC[C@H](Nc2cc(-c3cccc(NCC4(OC)CCOCC4)n3)c(Cl)cn2)CC1. The summed E-state index contributed by atoms with van der Waals surface area (Å²) in [7, 11) is 3.51. The van der Waals surface area contributed by atoms with Crippen LogP contribution < -0.4 is 16.0 Å². The molecule has 3 heterocycles. The van der Waals surface area contributed by atoms with E-state index in [9.17, 15) is 0 Å². The van der Waals surface area contributed by atoms with E-state index < -0.39 is 0 Å². The van der Waals surface area contributed by atoms with Crippen LogP contribution in [0.2, 0.25) is 5.02 Å². The molecule has 0 spiro atoms. The van der Waals surface area contributed by atoms with Gasteiger partial charge in [0.15, 0.2) is 0 Å². The van der Waals surface area contributed by atoms with Gasteiger partial charge in [0.25, 0.3) is 0 Å². The second-order valence-corrected chi connectivity index (χ2v) is 9.86. The normalized spacial score (nSPS) is 22.0. The van der Waals surface area contributed by atoms with Gasteiger partial charge in [-0.2, -0.15) is 0 Å². The van der Waals surface area contributed by atoms with Crippen LogP contribution >= 0.6 is 11.6 Å². The van der Waals surface area contributed by atoms with Crippen LogP contribution in [0.1, 0.15) is 38.5 Å². The van der Waals surface area contributed by atoms with Crippen molar-refractivity contribution in [2.24, 2.45) is 0 Å². The number of aromatic nitrogens is 2. The van der Waals surface area contributed by atoms with Crippen molar-refractivity contribution in [1.82, 2.24) is 15.3 Å². The maximum atomic E-state index is 6.55. The van der Waals surface area contributed by atoms with Gasteiger partial charge in [0.05, 0.1) is 22.9 Å². The van der Waals surface area contributed by atoms with Gasteiger partial charge in [-0.1, -0.05) is 17.7 Å². The fraction of sp³-hybridized carbons (Fsp3) is 0.615. The molecule has 2 fully saturated rings. The molecule has 2 aliphatic rings. The zero-order valence-corrected chi connectivity index (χ0v) is 21.6. The highest BCUT2D eigenvalue weighted by molar-refractivity contribution is 6.33. The number of halogens is 1. The first-order valence-electron chi connectivity index (χ1n) is 12.6. The summed E-state index contributed by atoms with van der Waals surface area (Å²) in [5.74, 6) is 1.63. The summed E-state index contributed by atoms with van der Waals surface area (Å²) in [4.78, 5) is 9.36. The van der Waals surface area contributed by atoms with E-state index >= 15 is 0 Å². The van der Waals surface area contributed by atoms with Gasteiger partial charge < -0.3 is 30.2 Å². The maximum Gasteiger partial charge on any atom is 0.126 e. The van der Waals surface area contributed by atoms with Gasteiger partial charge in [0, 0.05) is 77.2 Å². The second-order valence-electron chi connectivity index (χ2n) is 9.45. The van der Waals surface area contributed by atoms with Gasteiger partial charge in [-0.3, -0.25) is 0 Å². The van der Waals surface area contributed by atoms with Gasteiger partial charge in [-0.25, -0.2) is 9.97 Å². The Morgan fingerprint density at radius 1 is 1.09 bits per heavy atom. The van der Waals surface area contributed by atoms with Crippen molar-refractivity contribution in [3.8, 4) is 11.3 Å². The van der Waals surface area contributed by atoms with Gasteiger partial charge in [-0.05, 0) is 43.9 Å². The minimum Gasteiger partial charge on any atom is -0.383 e. The lowest BCUT2D eigenvalue weighted by atomic mass is 9.91. The van der Waals surface area contributed by atoms with E-state index in [1.54, 1.807) is 20.4 Å². The number of pyridine rings is 2. The topological polar surface area (TPSA) is 89.6 Å². The van der Waals surface area contributed by atoms with Crippen LogP contribution in [-0.4, -0.2) is 74.8 Å². The molecule has 1 aliphatic carbocycles. The summed E-state index contributed by atoms with van der Waals surface area (Å²) >= 11 is 6.55. The van der Waals surface area contributed by atoms with Crippen LogP contribution in [0, 0.1) is 0 Å². The Hall–Kier alpha value is -1.97. The molecule has 0 radical (unpaired) electrons. The highest BCUT2D eigenvalue weighted by atomic mass is 35.5. The molecule has 2 aromatic rings. The molecule has 0 aromatic carbocycles. The molecule has 1 aliphatic heterocycles. The van der Waals surface area contributed by atoms with E-state index in [1.165, 1.54) is 0 Å². The van der Waals surface area contributed by atoms with Crippen LogP contribution in [0.15, 0.2) is 30.5 Å². The number of hydrogen-bond acceptors (Lipinski definition) is 8. The van der Waals surface area contributed by atoms with E-state index in [0.29, 0.717) is 23.7 Å². The van der Waals surface area contributed by atoms with Crippen molar-refractivity contribution in [1.29, 1.82) is 0 Å². The van der Waals surface area contributed by atoms with Crippen molar-refractivity contribution in [3.05, 3.63) is 35.5 Å². The Kier molecular flexibility index (Phi) is 9.57. The Morgan fingerprint density at radius 2 is 1.86 bits per heavy atom. The van der Waals surface area contributed by atoms with Gasteiger partial charge in [-0.15, -0.1) is 0 Å². The largest absolute Gasteiger partial charge is 0.383 e. The second kappa shape index (κ2) is 12.8. The molecular weight excluding hydrogens is 466 g/mol. The number of nitrogens with one attached hydrogen (secondary N) is 3.